The van der Waals surface area contributed by atoms with Crippen molar-refractivity contribution < 1.29 is 18.0 Å². The number of amides is 2. The van der Waals surface area contributed by atoms with E-state index in [0.717, 1.165) is 0 Å². The number of likely N-dealkylation sites (tertiary alicyclic amines) is 1. The number of carbonyl (C=O) groups excluding carboxylic acids is 2. The molecule has 0 spiro atoms. The molecule has 2 amide bonds. The quantitative estimate of drug-likeness (QED) is 0.779. The summed E-state index contributed by atoms with van der Waals surface area (Å²) in [6, 6.07) is 0.111. The van der Waals surface area contributed by atoms with E-state index in [1.807, 2.05) is 13.8 Å². The third-order valence-electron chi connectivity index (χ3n) is 4.04. The Labute approximate surface area is 119 Å². The molecular weight excluding hydrogens is 280 g/mol. The van der Waals surface area contributed by atoms with Gasteiger partial charge in [0.15, 0.2) is 9.84 Å². The second-order valence-corrected chi connectivity index (χ2v) is 8.28. The molecule has 2 aliphatic rings. The van der Waals surface area contributed by atoms with Gasteiger partial charge in [-0.25, -0.2) is 8.42 Å². The van der Waals surface area contributed by atoms with Gasteiger partial charge >= 0.3 is 0 Å². The van der Waals surface area contributed by atoms with Crippen LogP contribution in [0.4, 0.5) is 0 Å². The number of hydrogen-bond acceptors (Lipinski definition) is 4. The Balaban J connectivity index is 1.80. The number of nitrogens with zero attached hydrogens (tertiary/aromatic N) is 1. The minimum atomic E-state index is -2.90. The number of rotatable bonds is 4. The Morgan fingerprint density at radius 3 is 2.65 bits per heavy atom. The standard InChI is InChI=1S/C13H22N2O4S/c1-9(2)15-7-11(5-12(15)16)13(17)14-6-10-3-4-20(18,19)8-10/h9-11H,3-8H2,1-2H3,(H,14,17)/t10-,11+/m1/s1. The molecule has 2 heterocycles. The summed E-state index contributed by atoms with van der Waals surface area (Å²) in [6.07, 6.45) is 0.872. The number of carbonyl (C=O) groups is 2. The average Bonchev–Trinajstić information content (AvgIpc) is 2.89. The maximum Gasteiger partial charge on any atom is 0.225 e. The van der Waals surface area contributed by atoms with E-state index in [4.69, 9.17) is 0 Å². The molecule has 0 radical (unpaired) electrons. The van der Waals surface area contributed by atoms with Gasteiger partial charge in [-0.05, 0) is 26.2 Å². The lowest BCUT2D eigenvalue weighted by Gasteiger charge is -2.20. The lowest BCUT2D eigenvalue weighted by Crippen LogP contribution is -2.37. The molecule has 0 aromatic heterocycles. The van der Waals surface area contributed by atoms with Crippen LogP contribution in [0.15, 0.2) is 0 Å². The van der Waals surface area contributed by atoms with Gasteiger partial charge in [-0.1, -0.05) is 0 Å². The van der Waals surface area contributed by atoms with Gasteiger partial charge in [0.1, 0.15) is 0 Å². The first-order valence-corrected chi connectivity index (χ1v) is 8.88. The van der Waals surface area contributed by atoms with Crippen molar-refractivity contribution >= 4 is 21.7 Å². The highest BCUT2D eigenvalue weighted by molar-refractivity contribution is 7.91. The van der Waals surface area contributed by atoms with E-state index in [-0.39, 0.29) is 47.6 Å². The predicted molar refractivity (Wildman–Crippen MR) is 74.7 cm³/mol. The smallest absolute Gasteiger partial charge is 0.225 e. The summed E-state index contributed by atoms with van der Waals surface area (Å²) in [6.45, 7) is 4.72. The minimum absolute atomic E-state index is 0.0160. The summed E-state index contributed by atoms with van der Waals surface area (Å²) in [5.74, 6) is -0.0227. The predicted octanol–water partition coefficient (Wildman–Crippen LogP) is -0.206. The van der Waals surface area contributed by atoms with Crippen molar-refractivity contribution in [2.75, 3.05) is 24.6 Å². The summed E-state index contributed by atoms with van der Waals surface area (Å²) in [5, 5.41) is 2.80. The third-order valence-corrected chi connectivity index (χ3v) is 5.88. The fourth-order valence-electron chi connectivity index (χ4n) is 2.83. The van der Waals surface area contributed by atoms with Crippen molar-refractivity contribution in [1.29, 1.82) is 0 Å². The highest BCUT2D eigenvalue weighted by Crippen LogP contribution is 2.21. The molecule has 20 heavy (non-hydrogen) atoms. The van der Waals surface area contributed by atoms with Crippen LogP contribution < -0.4 is 5.32 Å². The summed E-state index contributed by atoms with van der Waals surface area (Å²) < 4.78 is 22.7. The molecule has 2 rings (SSSR count). The van der Waals surface area contributed by atoms with E-state index in [1.165, 1.54) is 0 Å². The van der Waals surface area contributed by atoms with Gasteiger partial charge in [-0.15, -0.1) is 0 Å². The third kappa shape index (κ3) is 3.50. The molecule has 7 heteroatoms. The summed E-state index contributed by atoms with van der Waals surface area (Å²) in [7, 11) is -2.90. The molecule has 1 N–H and O–H groups in total. The monoisotopic (exact) mass is 302 g/mol. The highest BCUT2D eigenvalue weighted by atomic mass is 32.2. The topological polar surface area (TPSA) is 83.6 Å². The lowest BCUT2D eigenvalue weighted by molar-refractivity contribution is -0.129. The van der Waals surface area contributed by atoms with E-state index in [9.17, 15) is 18.0 Å². The zero-order valence-corrected chi connectivity index (χ0v) is 12.8. The Hall–Kier alpha value is -1.11. The van der Waals surface area contributed by atoms with Gasteiger partial charge in [0, 0.05) is 25.6 Å². The normalized spacial score (nSPS) is 29.1. The van der Waals surface area contributed by atoms with Crippen LogP contribution >= 0.6 is 0 Å². The van der Waals surface area contributed by atoms with Crippen molar-refractivity contribution in [3.8, 4) is 0 Å². The average molecular weight is 302 g/mol. The van der Waals surface area contributed by atoms with Gasteiger partial charge in [0.25, 0.3) is 0 Å². The van der Waals surface area contributed by atoms with Crippen LogP contribution in [0.2, 0.25) is 0 Å². The Morgan fingerprint density at radius 2 is 2.15 bits per heavy atom. The van der Waals surface area contributed by atoms with Crippen molar-refractivity contribution in [1.82, 2.24) is 10.2 Å². The van der Waals surface area contributed by atoms with Crippen LogP contribution in [0.25, 0.3) is 0 Å². The second kappa shape index (κ2) is 5.71. The summed E-state index contributed by atoms with van der Waals surface area (Å²) in [4.78, 5) is 25.5. The molecular formula is C13H22N2O4S. The lowest BCUT2D eigenvalue weighted by atomic mass is 10.1. The molecule has 6 nitrogen and oxygen atoms in total. The van der Waals surface area contributed by atoms with Crippen LogP contribution in [0.3, 0.4) is 0 Å². The molecule has 0 aromatic carbocycles. The van der Waals surface area contributed by atoms with Crippen LogP contribution in [0.5, 0.6) is 0 Å². The van der Waals surface area contributed by atoms with Crippen molar-refractivity contribution in [2.24, 2.45) is 11.8 Å². The van der Waals surface area contributed by atoms with Gasteiger partial charge < -0.3 is 10.2 Å². The largest absolute Gasteiger partial charge is 0.355 e. The van der Waals surface area contributed by atoms with E-state index >= 15 is 0 Å². The number of nitrogens with one attached hydrogen (secondary N) is 1. The fraction of sp³-hybridized carbons (Fsp3) is 0.846. The van der Waals surface area contributed by atoms with Gasteiger partial charge in [0.05, 0.1) is 17.4 Å². The number of sulfone groups is 1. The van der Waals surface area contributed by atoms with E-state index in [2.05, 4.69) is 5.32 Å². The number of hydrogen-bond donors (Lipinski definition) is 1. The fourth-order valence-corrected chi connectivity index (χ4v) is 4.69. The Kier molecular flexibility index (Phi) is 4.36. The molecule has 0 saturated carbocycles. The highest BCUT2D eigenvalue weighted by Gasteiger charge is 2.36. The molecule has 114 valence electrons. The zero-order chi connectivity index (χ0) is 14.9. The van der Waals surface area contributed by atoms with Crippen LogP contribution in [0, 0.1) is 11.8 Å². The van der Waals surface area contributed by atoms with Gasteiger partial charge in [0.2, 0.25) is 11.8 Å². The second-order valence-electron chi connectivity index (χ2n) is 6.06. The maximum atomic E-state index is 12.0. The molecule has 2 saturated heterocycles. The van der Waals surface area contributed by atoms with Crippen molar-refractivity contribution in [3.05, 3.63) is 0 Å². The first-order valence-electron chi connectivity index (χ1n) is 7.06. The maximum absolute atomic E-state index is 12.0. The molecule has 0 aromatic rings. The van der Waals surface area contributed by atoms with Crippen LogP contribution in [0.1, 0.15) is 26.7 Å². The van der Waals surface area contributed by atoms with Crippen LogP contribution in [-0.4, -0.2) is 55.8 Å². The Morgan fingerprint density at radius 1 is 1.45 bits per heavy atom. The molecule has 0 aliphatic carbocycles. The van der Waals surface area contributed by atoms with Crippen LogP contribution in [-0.2, 0) is 19.4 Å². The van der Waals surface area contributed by atoms with Crippen molar-refractivity contribution in [2.45, 2.75) is 32.7 Å². The van der Waals surface area contributed by atoms with Gasteiger partial charge in [-0.3, -0.25) is 9.59 Å². The molecule has 0 bridgehead atoms. The first-order chi connectivity index (χ1) is 9.28. The molecule has 2 atom stereocenters. The van der Waals surface area contributed by atoms with E-state index in [0.29, 0.717) is 19.5 Å². The summed E-state index contributed by atoms with van der Waals surface area (Å²) in [5.41, 5.74) is 0. The van der Waals surface area contributed by atoms with E-state index < -0.39 is 9.84 Å². The molecule has 2 aliphatic heterocycles. The summed E-state index contributed by atoms with van der Waals surface area (Å²) >= 11 is 0. The molecule has 2 fully saturated rings. The van der Waals surface area contributed by atoms with E-state index in [1.54, 1.807) is 4.90 Å². The van der Waals surface area contributed by atoms with Gasteiger partial charge in [-0.2, -0.15) is 0 Å². The van der Waals surface area contributed by atoms with Crippen molar-refractivity contribution in [3.63, 3.8) is 0 Å². The molecule has 0 unspecified atom stereocenters. The minimum Gasteiger partial charge on any atom is -0.355 e. The zero-order valence-electron chi connectivity index (χ0n) is 12.0. The SMILES string of the molecule is CC(C)N1C[C@@H](C(=O)NC[C@H]2CCS(=O)(=O)C2)CC1=O. The Bertz CT molecular complexity index is 501. The first kappa shape index (κ1) is 15.3.